The number of hydrogen-bond acceptors (Lipinski definition) is 2. The Morgan fingerprint density at radius 2 is 1.93 bits per heavy atom. The van der Waals surface area contributed by atoms with Crippen LogP contribution in [0, 0.1) is 0 Å². The topological polar surface area (TPSA) is 43.8 Å². The van der Waals surface area contributed by atoms with Crippen molar-refractivity contribution in [3.05, 3.63) is 89.9 Å². The van der Waals surface area contributed by atoms with Crippen molar-refractivity contribution in [3.8, 4) is 22.4 Å². The molecule has 0 aliphatic heterocycles. The molecule has 4 rings (SSSR count). The van der Waals surface area contributed by atoms with E-state index in [0.29, 0.717) is 6.54 Å². The third-order valence-corrected chi connectivity index (χ3v) is 5.28. The molecule has 1 aliphatic rings. The molecule has 2 aromatic heterocycles. The van der Waals surface area contributed by atoms with Crippen LogP contribution in [0.5, 0.6) is 0 Å². The molecule has 0 amide bonds. The molecular weight excluding hydrogens is 330 g/mol. The minimum absolute atomic E-state index is 0.557. The molecule has 3 aromatic rings. The average molecular weight is 355 g/mol. The zero-order valence-electron chi connectivity index (χ0n) is 15.7. The lowest BCUT2D eigenvalue weighted by Gasteiger charge is -2.19. The zero-order chi connectivity index (χ0) is 18.6. The number of benzene rings is 1. The summed E-state index contributed by atoms with van der Waals surface area (Å²) in [7, 11) is 0. The first-order chi connectivity index (χ1) is 13.3. The normalized spacial score (nSPS) is 13.6. The molecule has 0 saturated heterocycles. The van der Waals surface area contributed by atoms with E-state index < -0.39 is 0 Å². The molecule has 0 unspecified atom stereocenters. The second-order valence-corrected chi connectivity index (χ2v) is 6.88. The lowest BCUT2D eigenvalue weighted by molar-refractivity contribution is 0.745. The molecule has 2 heterocycles. The molecule has 136 valence electrons. The first-order valence-electron chi connectivity index (χ1n) is 9.54. The number of fused-ring (bicyclic) bond motifs is 3. The monoisotopic (exact) mass is 355 g/mol. The van der Waals surface area contributed by atoms with Crippen LogP contribution in [-0.2, 0) is 19.4 Å². The Labute approximate surface area is 160 Å². The number of rotatable bonds is 5. The van der Waals surface area contributed by atoms with E-state index in [1.807, 2.05) is 25.4 Å². The van der Waals surface area contributed by atoms with Crippen molar-refractivity contribution >= 4 is 0 Å². The van der Waals surface area contributed by atoms with Crippen LogP contribution < -0.4 is 5.73 Å². The van der Waals surface area contributed by atoms with E-state index >= 15 is 0 Å². The van der Waals surface area contributed by atoms with E-state index in [1.54, 1.807) is 0 Å². The molecule has 0 saturated carbocycles. The Morgan fingerprint density at radius 1 is 1.11 bits per heavy atom. The van der Waals surface area contributed by atoms with E-state index in [2.05, 4.69) is 64.2 Å². The highest BCUT2D eigenvalue weighted by Gasteiger charge is 2.22. The molecule has 0 radical (unpaired) electrons. The van der Waals surface area contributed by atoms with E-state index in [0.717, 1.165) is 25.0 Å². The Hall–Kier alpha value is -2.91. The van der Waals surface area contributed by atoms with Gasteiger partial charge in [-0.05, 0) is 54.7 Å². The van der Waals surface area contributed by atoms with Crippen molar-refractivity contribution < 1.29 is 0 Å². The summed E-state index contributed by atoms with van der Waals surface area (Å²) >= 11 is 0. The molecular formula is C24H25N3. The second kappa shape index (κ2) is 7.77. The first-order valence-corrected chi connectivity index (χ1v) is 9.54. The van der Waals surface area contributed by atoms with E-state index in [1.165, 1.54) is 33.6 Å². The molecule has 2 N–H and O–H groups in total. The number of hydrogen-bond donors (Lipinski definition) is 1. The molecule has 0 fully saturated rings. The molecule has 0 spiro atoms. The van der Waals surface area contributed by atoms with Crippen LogP contribution in [0.4, 0.5) is 0 Å². The molecule has 3 heteroatoms. The molecule has 0 bridgehead atoms. The van der Waals surface area contributed by atoms with Crippen molar-refractivity contribution in [1.82, 2.24) is 9.55 Å². The Morgan fingerprint density at radius 3 is 2.70 bits per heavy atom. The summed E-state index contributed by atoms with van der Waals surface area (Å²) in [6, 6.07) is 15.3. The Balaban J connectivity index is 1.85. The number of nitrogens with two attached hydrogens (primary N) is 1. The number of pyridine rings is 1. The van der Waals surface area contributed by atoms with Crippen LogP contribution in [0.25, 0.3) is 22.4 Å². The summed E-state index contributed by atoms with van der Waals surface area (Å²) in [5.41, 5.74) is 15.1. The third-order valence-electron chi connectivity index (χ3n) is 5.28. The maximum atomic E-state index is 5.91. The van der Waals surface area contributed by atoms with Gasteiger partial charge in [-0.3, -0.25) is 4.98 Å². The second-order valence-electron chi connectivity index (χ2n) is 6.88. The molecule has 27 heavy (non-hydrogen) atoms. The fraction of sp³-hybridized carbons (Fsp3) is 0.208. The van der Waals surface area contributed by atoms with Gasteiger partial charge in [0, 0.05) is 48.0 Å². The largest absolute Gasteiger partial charge is 0.340 e. The van der Waals surface area contributed by atoms with Gasteiger partial charge in [0.2, 0.25) is 0 Å². The molecule has 3 nitrogen and oxygen atoms in total. The van der Waals surface area contributed by atoms with Gasteiger partial charge in [-0.1, -0.05) is 42.5 Å². The van der Waals surface area contributed by atoms with Crippen LogP contribution in [0.2, 0.25) is 0 Å². The van der Waals surface area contributed by atoms with Gasteiger partial charge in [-0.25, -0.2) is 0 Å². The van der Waals surface area contributed by atoms with Gasteiger partial charge in [0.15, 0.2) is 0 Å². The van der Waals surface area contributed by atoms with Gasteiger partial charge < -0.3 is 10.3 Å². The molecule has 1 aliphatic carbocycles. The summed E-state index contributed by atoms with van der Waals surface area (Å²) in [4.78, 5) is 4.18. The fourth-order valence-corrected chi connectivity index (χ4v) is 3.96. The third kappa shape index (κ3) is 3.38. The SMILES string of the molecule is C/C=C\C(=C/Cn1c(-c2ccncc2)cc2c1CCc1ccccc1-2)CN. The van der Waals surface area contributed by atoms with Crippen LogP contribution in [0.15, 0.2) is 78.7 Å². The van der Waals surface area contributed by atoms with Gasteiger partial charge in [0.05, 0.1) is 0 Å². The van der Waals surface area contributed by atoms with Gasteiger partial charge in [0.1, 0.15) is 0 Å². The fourth-order valence-electron chi connectivity index (χ4n) is 3.96. The van der Waals surface area contributed by atoms with Crippen molar-refractivity contribution in [3.63, 3.8) is 0 Å². The highest BCUT2D eigenvalue weighted by Crippen LogP contribution is 2.38. The van der Waals surface area contributed by atoms with Gasteiger partial charge >= 0.3 is 0 Å². The maximum Gasteiger partial charge on any atom is 0.0493 e. The van der Waals surface area contributed by atoms with Crippen molar-refractivity contribution in [1.29, 1.82) is 0 Å². The lowest BCUT2D eigenvalue weighted by Crippen LogP contribution is -2.10. The Kier molecular flexibility index (Phi) is 5.03. The number of allylic oxidation sites excluding steroid dienone is 2. The predicted octanol–water partition coefficient (Wildman–Crippen LogP) is 4.78. The Bertz CT molecular complexity index is 994. The number of aromatic nitrogens is 2. The summed E-state index contributed by atoms with van der Waals surface area (Å²) in [5, 5.41) is 0. The van der Waals surface area contributed by atoms with Crippen LogP contribution in [0.1, 0.15) is 18.2 Å². The average Bonchev–Trinajstić information content (AvgIpc) is 3.11. The predicted molar refractivity (Wildman–Crippen MR) is 112 cm³/mol. The summed E-state index contributed by atoms with van der Waals surface area (Å²) in [6.45, 7) is 3.41. The van der Waals surface area contributed by atoms with Gasteiger partial charge in [-0.15, -0.1) is 0 Å². The zero-order valence-corrected chi connectivity index (χ0v) is 15.7. The first kappa shape index (κ1) is 17.5. The van der Waals surface area contributed by atoms with Gasteiger partial charge in [0.25, 0.3) is 0 Å². The number of nitrogens with zero attached hydrogens (tertiary/aromatic N) is 2. The lowest BCUT2D eigenvalue weighted by atomic mass is 9.90. The van der Waals surface area contributed by atoms with E-state index in [9.17, 15) is 0 Å². The number of aryl methyl sites for hydroxylation is 1. The summed E-state index contributed by atoms with van der Waals surface area (Å²) in [5.74, 6) is 0. The maximum absolute atomic E-state index is 5.91. The van der Waals surface area contributed by atoms with Crippen LogP contribution in [-0.4, -0.2) is 16.1 Å². The van der Waals surface area contributed by atoms with E-state index in [-0.39, 0.29) is 0 Å². The summed E-state index contributed by atoms with van der Waals surface area (Å²) in [6.07, 6.45) is 12.3. The van der Waals surface area contributed by atoms with Gasteiger partial charge in [-0.2, -0.15) is 0 Å². The standard InChI is InChI=1S/C24H25N3/c1-2-5-18(17-25)12-15-27-23-9-8-19-6-3-4-7-21(19)22(23)16-24(27)20-10-13-26-14-11-20/h2-7,10-14,16H,8-9,15,17,25H2,1H3/b5-2-,18-12+. The quantitative estimate of drug-likeness (QED) is 0.670. The highest BCUT2D eigenvalue weighted by atomic mass is 15.0. The van der Waals surface area contributed by atoms with Crippen molar-refractivity contribution in [2.75, 3.05) is 6.54 Å². The van der Waals surface area contributed by atoms with Crippen LogP contribution >= 0.6 is 0 Å². The minimum Gasteiger partial charge on any atom is -0.340 e. The molecule has 1 aromatic carbocycles. The molecule has 0 atom stereocenters. The van der Waals surface area contributed by atoms with Crippen LogP contribution in [0.3, 0.4) is 0 Å². The minimum atomic E-state index is 0.557. The van der Waals surface area contributed by atoms with Crippen molar-refractivity contribution in [2.45, 2.75) is 26.3 Å². The van der Waals surface area contributed by atoms with E-state index in [4.69, 9.17) is 5.73 Å². The van der Waals surface area contributed by atoms with Crippen molar-refractivity contribution in [2.24, 2.45) is 5.73 Å². The highest BCUT2D eigenvalue weighted by molar-refractivity contribution is 5.78. The smallest absolute Gasteiger partial charge is 0.0493 e. The summed E-state index contributed by atoms with van der Waals surface area (Å²) < 4.78 is 2.44.